The number of urea groups is 1. The van der Waals surface area contributed by atoms with Crippen LogP contribution in [-0.2, 0) is 16.2 Å². The Kier molecular flexibility index (Phi) is 6.79. The van der Waals surface area contributed by atoms with Crippen molar-refractivity contribution in [3.8, 4) is 5.75 Å². The highest BCUT2D eigenvalue weighted by Gasteiger charge is 2.37. The van der Waals surface area contributed by atoms with Gasteiger partial charge in [0, 0.05) is 0 Å². The minimum absolute atomic E-state index is 0.147. The van der Waals surface area contributed by atoms with Crippen LogP contribution in [0, 0.1) is 6.92 Å². The maximum atomic E-state index is 13.1. The van der Waals surface area contributed by atoms with Gasteiger partial charge < -0.3 is 9.84 Å². The molecule has 0 spiro atoms. The SMILES string of the molecule is Cc1ccccc1N1C(=O)NC(=O)/C(=C\c2ccc(OCc3cccc(C(=O)O)c3)c(Br)c2)C1=O. The number of aromatic carboxylic acids is 1. The van der Waals surface area contributed by atoms with Gasteiger partial charge in [-0.3, -0.25) is 14.9 Å². The van der Waals surface area contributed by atoms with E-state index in [-0.39, 0.29) is 17.7 Å². The molecule has 8 nitrogen and oxygen atoms in total. The zero-order chi connectivity index (χ0) is 25.1. The largest absolute Gasteiger partial charge is 0.488 e. The summed E-state index contributed by atoms with van der Waals surface area (Å²) in [6, 6.07) is 17.5. The molecule has 0 radical (unpaired) electrons. The number of hydrogen-bond donors (Lipinski definition) is 2. The van der Waals surface area contributed by atoms with Crippen LogP contribution < -0.4 is 15.0 Å². The Balaban J connectivity index is 1.55. The van der Waals surface area contributed by atoms with Gasteiger partial charge >= 0.3 is 12.0 Å². The third-order valence-corrected chi connectivity index (χ3v) is 5.91. The number of carbonyl (C=O) groups excluding carboxylic acids is 3. The molecule has 4 amide bonds. The van der Waals surface area contributed by atoms with Gasteiger partial charge in [-0.1, -0.05) is 36.4 Å². The number of anilines is 1. The minimum atomic E-state index is -1.02. The van der Waals surface area contributed by atoms with Crippen molar-refractivity contribution in [2.75, 3.05) is 4.90 Å². The zero-order valence-corrected chi connectivity index (χ0v) is 20.0. The molecule has 9 heteroatoms. The summed E-state index contributed by atoms with van der Waals surface area (Å²) in [5.41, 5.74) is 2.32. The zero-order valence-electron chi connectivity index (χ0n) is 18.4. The average Bonchev–Trinajstić information content (AvgIpc) is 2.82. The van der Waals surface area contributed by atoms with E-state index in [4.69, 9.17) is 9.84 Å². The van der Waals surface area contributed by atoms with E-state index in [1.807, 2.05) is 0 Å². The summed E-state index contributed by atoms with van der Waals surface area (Å²) in [7, 11) is 0. The first-order chi connectivity index (χ1) is 16.7. The molecule has 3 aromatic rings. The lowest BCUT2D eigenvalue weighted by Crippen LogP contribution is -2.54. The summed E-state index contributed by atoms with van der Waals surface area (Å²) in [5.74, 6) is -2.03. The van der Waals surface area contributed by atoms with Crippen molar-refractivity contribution in [3.63, 3.8) is 0 Å². The second-order valence-electron chi connectivity index (χ2n) is 7.73. The number of carboxylic acid groups (broad SMARTS) is 1. The monoisotopic (exact) mass is 534 g/mol. The number of rotatable bonds is 6. The first-order valence-corrected chi connectivity index (χ1v) is 11.3. The molecule has 1 saturated heterocycles. The summed E-state index contributed by atoms with van der Waals surface area (Å²) >= 11 is 3.42. The molecule has 0 atom stereocenters. The van der Waals surface area contributed by atoms with Crippen molar-refractivity contribution in [2.45, 2.75) is 13.5 Å². The molecule has 1 aliphatic heterocycles. The molecule has 1 heterocycles. The van der Waals surface area contributed by atoms with E-state index in [9.17, 15) is 19.2 Å². The van der Waals surface area contributed by atoms with Crippen LogP contribution in [0.15, 0.2) is 76.8 Å². The van der Waals surface area contributed by atoms with Gasteiger partial charge in [0.25, 0.3) is 11.8 Å². The maximum absolute atomic E-state index is 13.1. The van der Waals surface area contributed by atoms with Crippen LogP contribution in [0.25, 0.3) is 6.08 Å². The molecule has 176 valence electrons. The lowest BCUT2D eigenvalue weighted by atomic mass is 10.1. The fourth-order valence-corrected chi connectivity index (χ4v) is 4.05. The number of ether oxygens (including phenoxy) is 1. The third-order valence-electron chi connectivity index (χ3n) is 5.29. The van der Waals surface area contributed by atoms with E-state index >= 15 is 0 Å². The number of amides is 4. The Morgan fingerprint density at radius 1 is 1.06 bits per heavy atom. The predicted octanol–water partition coefficient (Wildman–Crippen LogP) is 4.70. The number of nitrogens with one attached hydrogen (secondary N) is 1. The smallest absolute Gasteiger partial charge is 0.335 e. The van der Waals surface area contributed by atoms with E-state index in [0.717, 1.165) is 4.90 Å². The molecule has 4 rings (SSSR count). The third kappa shape index (κ3) is 5.15. The minimum Gasteiger partial charge on any atom is -0.488 e. The van der Waals surface area contributed by atoms with Gasteiger partial charge in [0.15, 0.2) is 0 Å². The maximum Gasteiger partial charge on any atom is 0.335 e. The highest BCUT2D eigenvalue weighted by molar-refractivity contribution is 9.10. The summed E-state index contributed by atoms with van der Waals surface area (Å²) in [6.07, 6.45) is 1.40. The summed E-state index contributed by atoms with van der Waals surface area (Å²) in [5, 5.41) is 11.3. The van der Waals surface area contributed by atoms with Crippen LogP contribution in [0.3, 0.4) is 0 Å². The Hall–Kier alpha value is -4.24. The predicted molar refractivity (Wildman–Crippen MR) is 132 cm³/mol. The van der Waals surface area contributed by atoms with Crippen LogP contribution in [0.4, 0.5) is 10.5 Å². The average molecular weight is 535 g/mol. The molecule has 0 aromatic heterocycles. The number of carboxylic acids is 1. The highest BCUT2D eigenvalue weighted by Crippen LogP contribution is 2.29. The molecule has 0 saturated carbocycles. The van der Waals surface area contributed by atoms with E-state index in [2.05, 4.69) is 21.2 Å². The van der Waals surface area contributed by atoms with Gasteiger partial charge in [0.1, 0.15) is 17.9 Å². The first-order valence-electron chi connectivity index (χ1n) is 10.5. The number of benzene rings is 3. The van der Waals surface area contributed by atoms with E-state index in [0.29, 0.717) is 32.6 Å². The lowest BCUT2D eigenvalue weighted by molar-refractivity contribution is -0.122. The quantitative estimate of drug-likeness (QED) is 0.350. The van der Waals surface area contributed by atoms with E-state index < -0.39 is 23.8 Å². The molecule has 35 heavy (non-hydrogen) atoms. The van der Waals surface area contributed by atoms with Gasteiger partial charge in [0.2, 0.25) is 0 Å². The van der Waals surface area contributed by atoms with Crippen LogP contribution in [0.2, 0.25) is 0 Å². The summed E-state index contributed by atoms with van der Waals surface area (Å²) < 4.78 is 6.35. The Morgan fingerprint density at radius 2 is 1.83 bits per heavy atom. The van der Waals surface area contributed by atoms with Gasteiger partial charge in [-0.15, -0.1) is 0 Å². The van der Waals surface area contributed by atoms with Gasteiger partial charge in [-0.25, -0.2) is 14.5 Å². The summed E-state index contributed by atoms with van der Waals surface area (Å²) in [6.45, 7) is 1.91. The number of aryl methyl sites for hydroxylation is 1. The number of barbiturate groups is 1. The van der Waals surface area contributed by atoms with Crippen molar-refractivity contribution in [1.82, 2.24) is 5.32 Å². The lowest BCUT2D eigenvalue weighted by Gasteiger charge is -2.27. The van der Waals surface area contributed by atoms with Crippen molar-refractivity contribution >= 4 is 51.5 Å². The molecule has 0 bridgehead atoms. The van der Waals surface area contributed by atoms with Gasteiger partial charge in [-0.2, -0.15) is 0 Å². The molecular weight excluding hydrogens is 516 g/mol. The number of para-hydroxylation sites is 1. The standard InChI is InChI=1S/C26H19BrN2O6/c1-15-5-2-3-8-21(15)29-24(31)19(23(30)28-26(29)34)12-16-9-10-22(20(27)13-16)35-14-17-6-4-7-18(11-17)25(32)33/h2-13H,14H2,1H3,(H,32,33)(H,28,30,34)/b19-12+. The van der Waals surface area contributed by atoms with Crippen LogP contribution >= 0.6 is 15.9 Å². The van der Waals surface area contributed by atoms with Crippen molar-refractivity contribution in [3.05, 3.63) is 99.0 Å². The van der Waals surface area contributed by atoms with Crippen LogP contribution in [0.1, 0.15) is 27.0 Å². The molecule has 2 N–H and O–H groups in total. The Morgan fingerprint density at radius 3 is 2.54 bits per heavy atom. The number of nitrogens with zero attached hydrogens (tertiary/aromatic N) is 1. The van der Waals surface area contributed by atoms with E-state index in [1.165, 1.54) is 18.2 Å². The first kappa shape index (κ1) is 23.9. The second-order valence-corrected chi connectivity index (χ2v) is 8.58. The van der Waals surface area contributed by atoms with Gasteiger partial charge in [-0.05, 0) is 76.0 Å². The van der Waals surface area contributed by atoms with Crippen molar-refractivity contribution in [2.24, 2.45) is 0 Å². The molecule has 1 fully saturated rings. The van der Waals surface area contributed by atoms with Crippen LogP contribution in [0.5, 0.6) is 5.75 Å². The number of hydrogen-bond acceptors (Lipinski definition) is 5. The van der Waals surface area contributed by atoms with Crippen LogP contribution in [-0.4, -0.2) is 28.9 Å². The topological polar surface area (TPSA) is 113 Å². The van der Waals surface area contributed by atoms with E-state index in [1.54, 1.807) is 61.5 Å². The molecule has 1 aliphatic rings. The van der Waals surface area contributed by atoms with Crippen molar-refractivity contribution in [1.29, 1.82) is 0 Å². The molecule has 0 aliphatic carbocycles. The molecular formula is C26H19BrN2O6. The van der Waals surface area contributed by atoms with Gasteiger partial charge in [0.05, 0.1) is 15.7 Å². The van der Waals surface area contributed by atoms with Crippen molar-refractivity contribution < 1.29 is 29.0 Å². The number of imide groups is 2. The number of halogens is 1. The fourth-order valence-electron chi connectivity index (χ4n) is 3.54. The Labute approximate surface area is 209 Å². The molecule has 0 unspecified atom stereocenters. The molecule has 3 aromatic carbocycles. The normalized spacial score (nSPS) is 14.7. The second kappa shape index (κ2) is 9.94. The Bertz CT molecular complexity index is 1400. The number of carbonyl (C=O) groups is 4. The highest BCUT2D eigenvalue weighted by atomic mass is 79.9. The summed E-state index contributed by atoms with van der Waals surface area (Å²) in [4.78, 5) is 50.0. The fraction of sp³-hybridized carbons (Fsp3) is 0.0769.